The van der Waals surface area contributed by atoms with E-state index in [-0.39, 0.29) is 5.91 Å². The molecule has 116 valence electrons. The van der Waals surface area contributed by atoms with Crippen LogP contribution < -0.4 is 9.64 Å². The number of thioether (sulfide) groups is 1. The van der Waals surface area contributed by atoms with Crippen LogP contribution in [0.1, 0.15) is 5.56 Å². The maximum atomic E-state index is 12.6. The van der Waals surface area contributed by atoms with Gasteiger partial charge in [-0.25, -0.2) is 0 Å². The predicted molar refractivity (Wildman–Crippen MR) is 100 cm³/mol. The molecule has 0 aliphatic carbocycles. The highest BCUT2D eigenvalue weighted by atomic mass is 35.5. The van der Waals surface area contributed by atoms with Gasteiger partial charge in [-0.1, -0.05) is 47.7 Å². The number of hydrogen-bond donors (Lipinski definition) is 0. The molecule has 1 amide bonds. The molecular formula is C17H12ClNO2S2. The van der Waals surface area contributed by atoms with E-state index in [1.54, 1.807) is 31.4 Å². The largest absolute Gasteiger partial charge is 0.497 e. The normalized spacial score (nSPS) is 16.3. The number of nitrogens with zero attached hydrogens (tertiary/aromatic N) is 1. The molecule has 23 heavy (non-hydrogen) atoms. The molecule has 0 bridgehead atoms. The van der Waals surface area contributed by atoms with Gasteiger partial charge in [-0.15, -0.1) is 0 Å². The fourth-order valence-corrected chi connectivity index (χ4v) is 3.67. The first-order valence-electron chi connectivity index (χ1n) is 6.76. The lowest BCUT2D eigenvalue weighted by molar-refractivity contribution is -0.113. The number of carbonyl (C=O) groups excluding carboxylic acids is 1. The zero-order valence-corrected chi connectivity index (χ0v) is 14.5. The topological polar surface area (TPSA) is 29.5 Å². The third-order valence-electron chi connectivity index (χ3n) is 3.27. The summed E-state index contributed by atoms with van der Waals surface area (Å²) in [5, 5.41) is 0.629. The van der Waals surface area contributed by atoms with E-state index in [9.17, 15) is 4.79 Å². The summed E-state index contributed by atoms with van der Waals surface area (Å²) in [5.41, 5.74) is 1.59. The van der Waals surface area contributed by atoms with Crippen LogP contribution in [0.5, 0.6) is 5.75 Å². The second-order valence-corrected chi connectivity index (χ2v) is 6.88. The lowest BCUT2D eigenvalue weighted by Gasteiger charge is -2.14. The fraction of sp³-hybridized carbons (Fsp3) is 0.0588. The number of ether oxygens (including phenoxy) is 1. The van der Waals surface area contributed by atoms with Gasteiger partial charge in [0.2, 0.25) is 0 Å². The van der Waals surface area contributed by atoms with Crippen molar-refractivity contribution in [2.24, 2.45) is 0 Å². The lowest BCUT2D eigenvalue weighted by Crippen LogP contribution is -2.27. The molecule has 3 nitrogen and oxygen atoms in total. The Morgan fingerprint density at radius 3 is 2.61 bits per heavy atom. The molecule has 0 unspecified atom stereocenters. The number of rotatable bonds is 3. The van der Waals surface area contributed by atoms with Gasteiger partial charge in [0.05, 0.1) is 17.7 Å². The second-order valence-electron chi connectivity index (χ2n) is 4.77. The number of thiocarbonyl (C=S) groups is 1. The molecule has 0 radical (unpaired) electrons. The van der Waals surface area contributed by atoms with E-state index in [0.717, 1.165) is 17.0 Å². The summed E-state index contributed by atoms with van der Waals surface area (Å²) in [5.74, 6) is 0.596. The van der Waals surface area contributed by atoms with Crippen LogP contribution in [0.2, 0.25) is 5.02 Å². The number of hydrogen-bond acceptors (Lipinski definition) is 4. The van der Waals surface area contributed by atoms with Crippen LogP contribution in [0.15, 0.2) is 53.4 Å². The summed E-state index contributed by atoms with van der Waals surface area (Å²) >= 11 is 12.6. The van der Waals surface area contributed by atoms with Gasteiger partial charge in [0.1, 0.15) is 5.75 Å². The number of halogens is 1. The molecule has 1 fully saturated rings. The molecule has 0 spiro atoms. The van der Waals surface area contributed by atoms with Crippen LogP contribution in [-0.4, -0.2) is 17.3 Å². The van der Waals surface area contributed by atoms with Crippen molar-refractivity contribution in [1.29, 1.82) is 0 Å². The number of anilines is 1. The Bertz CT molecular complexity index is 802. The molecular weight excluding hydrogens is 350 g/mol. The minimum Gasteiger partial charge on any atom is -0.497 e. The number of methoxy groups -OCH3 is 1. The van der Waals surface area contributed by atoms with E-state index in [1.807, 2.05) is 30.3 Å². The quantitative estimate of drug-likeness (QED) is 0.582. The SMILES string of the molecule is COc1ccc(N2C(=O)/C(=C\c3cccc(Cl)c3)SC2=S)cc1. The monoisotopic (exact) mass is 361 g/mol. The first kappa shape index (κ1) is 16.1. The Hall–Kier alpha value is -1.82. The summed E-state index contributed by atoms with van der Waals surface area (Å²) in [6, 6.07) is 14.6. The number of amides is 1. The highest BCUT2D eigenvalue weighted by molar-refractivity contribution is 8.27. The van der Waals surface area contributed by atoms with E-state index in [0.29, 0.717) is 14.2 Å². The maximum absolute atomic E-state index is 12.6. The summed E-state index contributed by atoms with van der Waals surface area (Å²) in [4.78, 5) is 14.7. The Morgan fingerprint density at radius 2 is 1.96 bits per heavy atom. The average molecular weight is 362 g/mol. The van der Waals surface area contributed by atoms with Crippen LogP contribution in [0.25, 0.3) is 6.08 Å². The number of carbonyl (C=O) groups is 1. The van der Waals surface area contributed by atoms with E-state index in [2.05, 4.69) is 0 Å². The van der Waals surface area contributed by atoms with E-state index >= 15 is 0 Å². The maximum Gasteiger partial charge on any atom is 0.270 e. The van der Waals surface area contributed by atoms with Crippen LogP contribution in [0.4, 0.5) is 5.69 Å². The summed E-state index contributed by atoms with van der Waals surface area (Å²) in [7, 11) is 1.60. The average Bonchev–Trinajstić information content (AvgIpc) is 2.81. The van der Waals surface area contributed by atoms with Gasteiger partial charge in [-0.05, 0) is 48.0 Å². The first-order chi connectivity index (χ1) is 11.1. The third kappa shape index (κ3) is 3.42. The number of benzene rings is 2. The van der Waals surface area contributed by atoms with E-state index in [1.165, 1.54) is 16.7 Å². The van der Waals surface area contributed by atoms with Crippen LogP contribution >= 0.6 is 35.6 Å². The van der Waals surface area contributed by atoms with Gasteiger partial charge in [-0.3, -0.25) is 9.69 Å². The van der Waals surface area contributed by atoms with Crippen molar-refractivity contribution in [1.82, 2.24) is 0 Å². The molecule has 2 aromatic rings. The molecule has 0 N–H and O–H groups in total. The Labute approximate surface area is 148 Å². The standard InChI is InChI=1S/C17H12ClNO2S2/c1-21-14-7-5-13(6-8-14)19-16(20)15(23-17(19)22)10-11-3-2-4-12(18)9-11/h2-10H,1H3/b15-10+. The molecule has 0 saturated carbocycles. The minimum absolute atomic E-state index is 0.134. The van der Waals surface area contributed by atoms with Gasteiger partial charge in [0.15, 0.2) is 4.32 Å². The molecule has 1 heterocycles. The molecule has 0 atom stereocenters. The van der Waals surface area contributed by atoms with Crippen molar-refractivity contribution in [3.05, 3.63) is 64.0 Å². The van der Waals surface area contributed by atoms with Crippen molar-refractivity contribution < 1.29 is 9.53 Å². The Kier molecular flexibility index (Phi) is 4.71. The highest BCUT2D eigenvalue weighted by Crippen LogP contribution is 2.36. The van der Waals surface area contributed by atoms with Gasteiger partial charge in [0, 0.05) is 5.02 Å². The predicted octanol–water partition coefficient (Wildman–Crippen LogP) is 4.75. The third-order valence-corrected chi connectivity index (χ3v) is 4.81. The summed E-state index contributed by atoms with van der Waals surface area (Å²) < 4.78 is 5.64. The Balaban J connectivity index is 1.90. The van der Waals surface area contributed by atoms with Gasteiger partial charge >= 0.3 is 0 Å². The van der Waals surface area contributed by atoms with Crippen molar-refractivity contribution >= 4 is 57.6 Å². The van der Waals surface area contributed by atoms with Crippen molar-refractivity contribution in [3.63, 3.8) is 0 Å². The lowest BCUT2D eigenvalue weighted by atomic mass is 10.2. The zero-order chi connectivity index (χ0) is 16.4. The molecule has 1 saturated heterocycles. The highest BCUT2D eigenvalue weighted by Gasteiger charge is 2.33. The van der Waals surface area contributed by atoms with E-state index < -0.39 is 0 Å². The summed E-state index contributed by atoms with van der Waals surface area (Å²) in [6.45, 7) is 0. The molecule has 0 aromatic heterocycles. The van der Waals surface area contributed by atoms with Crippen molar-refractivity contribution in [2.75, 3.05) is 12.0 Å². The van der Waals surface area contributed by atoms with Crippen LogP contribution in [-0.2, 0) is 4.79 Å². The fourth-order valence-electron chi connectivity index (χ4n) is 2.17. The van der Waals surface area contributed by atoms with Gasteiger partial charge in [-0.2, -0.15) is 0 Å². The van der Waals surface area contributed by atoms with Gasteiger partial charge in [0.25, 0.3) is 5.91 Å². The molecule has 1 aliphatic heterocycles. The molecule has 6 heteroatoms. The molecule has 2 aromatic carbocycles. The first-order valence-corrected chi connectivity index (χ1v) is 8.36. The Morgan fingerprint density at radius 1 is 1.22 bits per heavy atom. The van der Waals surface area contributed by atoms with Crippen molar-refractivity contribution in [3.8, 4) is 5.75 Å². The van der Waals surface area contributed by atoms with Crippen LogP contribution in [0.3, 0.4) is 0 Å². The van der Waals surface area contributed by atoms with Crippen LogP contribution in [0, 0.1) is 0 Å². The summed E-state index contributed by atoms with van der Waals surface area (Å²) in [6.07, 6.45) is 1.80. The molecule has 3 rings (SSSR count). The smallest absolute Gasteiger partial charge is 0.270 e. The second kappa shape index (κ2) is 6.74. The van der Waals surface area contributed by atoms with Crippen molar-refractivity contribution in [2.45, 2.75) is 0 Å². The molecule has 1 aliphatic rings. The minimum atomic E-state index is -0.134. The zero-order valence-electron chi connectivity index (χ0n) is 12.2. The van der Waals surface area contributed by atoms with E-state index in [4.69, 9.17) is 28.6 Å². The van der Waals surface area contributed by atoms with Gasteiger partial charge < -0.3 is 4.74 Å².